The average molecular weight is 350 g/mol. The summed E-state index contributed by atoms with van der Waals surface area (Å²) < 4.78 is 2.41. The van der Waals surface area contributed by atoms with Gasteiger partial charge in [-0.05, 0) is 31.5 Å². The van der Waals surface area contributed by atoms with E-state index in [1.807, 2.05) is 0 Å². The van der Waals surface area contributed by atoms with Crippen molar-refractivity contribution in [2.24, 2.45) is 14.1 Å². The van der Waals surface area contributed by atoms with Crippen molar-refractivity contribution in [3.05, 3.63) is 73.1 Å². The molecule has 2 heterocycles. The lowest BCUT2D eigenvalue weighted by atomic mass is 9.80. The zero-order chi connectivity index (χ0) is 19.2. The van der Waals surface area contributed by atoms with E-state index >= 15 is 0 Å². The Balaban J connectivity index is 2.40. The number of carbonyl (C=O) groups is 1. The van der Waals surface area contributed by atoms with Crippen LogP contribution in [0.5, 0.6) is 0 Å². The first-order valence-electron chi connectivity index (χ1n) is 8.06. The highest BCUT2D eigenvalue weighted by atomic mass is 16.2. The van der Waals surface area contributed by atoms with E-state index in [-0.39, 0.29) is 5.78 Å². The van der Waals surface area contributed by atoms with Crippen LogP contribution in [-0.4, -0.2) is 14.9 Å². The molecular formula is C19H18N4O3. The van der Waals surface area contributed by atoms with E-state index in [0.29, 0.717) is 33.8 Å². The molecule has 0 bridgehead atoms. The Morgan fingerprint density at radius 3 is 2.31 bits per heavy atom. The first-order valence-corrected chi connectivity index (χ1v) is 8.06. The molecule has 1 aromatic carbocycles. The summed E-state index contributed by atoms with van der Waals surface area (Å²) in [5.41, 5.74) is 1.72. The maximum Gasteiger partial charge on any atom is 0.332 e. The van der Waals surface area contributed by atoms with Crippen LogP contribution in [0.15, 0.2) is 45.1 Å². The fourth-order valence-corrected chi connectivity index (χ4v) is 3.44. The van der Waals surface area contributed by atoms with Crippen molar-refractivity contribution in [2.75, 3.05) is 5.32 Å². The number of nitrogens with one attached hydrogen (secondary N) is 1. The van der Waals surface area contributed by atoms with Crippen molar-refractivity contribution in [2.45, 2.75) is 19.8 Å². The summed E-state index contributed by atoms with van der Waals surface area (Å²) in [6.07, 6.45) is 0. The second kappa shape index (κ2) is 6.15. The Labute approximate surface area is 149 Å². The Kier molecular flexibility index (Phi) is 4.12. The zero-order valence-corrected chi connectivity index (χ0v) is 15.0. The van der Waals surface area contributed by atoms with Crippen LogP contribution >= 0.6 is 0 Å². The smallest absolute Gasteiger partial charge is 0.332 e. The van der Waals surface area contributed by atoms with Crippen LogP contribution in [0.2, 0.25) is 0 Å². The minimum absolute atomic E-state index is 0.161. The van der Waals surface area contributed by atoms with Crippen molar-refractivity contribution in [1.29, 1.82) is 5.26 Å². The van der Waals surface area contributed by atoms with Gasteiger partial charge in [-0.2, -0.15) is 5.26 Å². The molecular weight excluding hydrogens is 332 g/mol. The molecule has 1 aromatic heterocycles. The van der Waals surface area contributed by atoms with Crippen LogP contribution in [0.25, 0.3) is 0 Å². The topological polar surface area (TPSA) is 96.9 Å². The Bertz CT molecular complexity index is 1110. The Morgan fingerprint density at radius 2 is 1.77 bits per heavy atom. The fourth-order valence-electron chi connectivity index (χ4n) is 3.44. The summed E-state index contributed by atoms with van der Waals surface area (Å²) >= 11 is 0. The number of nitriles is 1. The maximum atomic E-state index is 12.9. The average Bonchev–Trinajstić information content (AvgIpc) is 2.63. The number of fused-ring (bicyclic) bond motifs is 1. The molecule has 0 radical (unpaired) electrons. The molecule has 1 aliphatic rings. The second-order valence-electron chi connectivity index (χ2n) is 6.35. The summed E-state index contributed by atoms with van der Waals surface area (Å²) in [5, 5.41) is 12.1. The Hall–Kier alpha value is -3.40. The molecule has 132 valence electrons. The number of Topliss-reactive ketones (excluding diaryl/α,β-unsaturated/α-hetero) is 1. The molecule has 26 heavy (non-hydrogen) atoms. The van der Waals surface area contributed by atoms with Crippen molar-refractivity contribution in [3.8, 4) is 6.07 Å². The first-order chi connectivity index (χ1) is 12.3. The van der Waals surface area contributed by atoms with E-state index in [1.54, 1.807) is 38.2 Å². The standard InChI is InChI=1S/C19H18N4O3/c1-10-14(11(2)24)15(13-7-5-12(9-20)6-8-13)16-17(21-10)22(3)19(26)23(4)18(16)25/h5-8,15,21H,1-4H3/t15-/m1/s1. The van der Waals surface area contributed by atoms with Gasteiger partial charge in [-0.25, -0.2) is 4.79 Å². The lowest BCUT2D eigenvalue weighted by Gasteiger charge is -2.30. The van der Waals surface area contributed by atoms with E-state index in [4.69, 9.17) is 5.26 Å². The van der Waals surface area contributed by atoms with Crippen molar-refractivity contribution < 1.29 is 4.79 Å². The third kappa shape index (κ3) is 2.47. The van der Waals surface area contributed by atoms with Crippen molar-refractivity contribution in [3.63, 3.8) is 0 Å². The molecule has 0 saturated heterocycles. The molecule has 0 spiro atoms. The molecule has 3 rings (SSSR count). The molecule has 1 atom stereocenters. The normalized spacial score (nSPS) is 15.9. The zero-order valence-electron chi connectivity index (χ0n) is 15.0. The number of allylic oxidation sites excluding steroid dienone is 2. The lowest BCUT2D eigenvalue weighted by Crippen LogP contribution is -2.43. The lowest BCUT2D eigenvalue weighted by molar-refractivity contribution is -0.113. The van der Waals surface area contributed by atoms with Gasteiger partial charge in [0.1, 0.15) is 5.82 Å². The van der Waals surface area contributed by atoms with Crippen LogP contribution in [0, 0.1) is 11.3 Å². The molecule has 7 heteroatoms. The SMILES string of the molecule is CC(=O)C1=C(C)Nc2c(c(=O)n(C)c(=O)n2C)[C@@H]1c1ccc(C#N)cc1. The predicted molar refractivity (Wildman–Crippen MR) is 96.9 cm³/mol. The number of ketones is 1. The predicted octanol–water partition coefficient (Wildman–Crippen LogP) is 1.38. The number of anilines is 1. The van der Waals surface area contributed by atoms with Gasteiger partial charge in [-0.3, -0.25) is 18.7 Å². The third-order valence-corrected chi connectivity index (χ3v) is 4.74. The summed E-state index contributed by atoms with van der Waals surface area (Å²) in [7, 11) is 2.99. The molecule has 2 aromatic rings. The Morgan fingerprint density at radius 1 is 1.15 bits per heavy atom. The number of aromatic nitrogens is 2. The molecule has 0 saturated carbocycles. The molecule has 0 aliphatic carbocycles. The van der Waals surface area contributed by atoms with Crippen LogP contribution in [-0.2, 0) is 18.9 Å². The van der Waals surface area contributed by atoms with Crippen LogP contribution < -0.4 is 16.6 Å². The largest absolute Gasteiger partial charge is 0.344 e. The minimum Gasteiger partial charge on any atom is -0.344 e. The van der Waals surface area contributed by atoms with E-state index in [1.165, 1.54) is 18.5 Å². The van der Waals surface area contributed by atoms with Gasteiger partial charge in [0.25, 0.3) is 5.56 Å². The molecule has 0 unspecified atom stereocenters. The van der Waals surface area contributed by atoms with Crippen LogP contribution in [0.3, 0.4) is 0 Å². The molecule has 1 N–H and O–H groups in total. The van der Waals surface area contributed by atoms with Gasteiger partial charge in [0, 0.05) is 31.3 Å². The number of hydrogen-bond acceptors (Lipinski definition) is 5. The first kappa shape index (κ1) is 17.4. The highest BCUT2D eigenvalue weighted by Gasteiger charge is 2.35. The van der Waals surface area contributed by atoms with Crippen LogP contribution in [0.4, 0.5) is 5.82 Å². The summed E-state index contributed by atoms with van der Waals surface area (Å²) in [6.45, 7) is 3.20. The van der Waals surface area contributed by atoms with Crippen molar-refractivity contribution in [1.82, 2.24) is 9.13 Å². The van der Waals surface area contributed by atoms with Gasteiger partial charge in [0.05, 0.1) is 17.2 Å². The van der Waals surface area contributed by atoms with Crippen LogP contribution in [0.1, 0.15) is 36.5 Å². The third-order valence-electron chi connectivity index (χ3n) is 4.74. The summed E-state index contributed by atoms with van der Waals surface area (Å²) in [5.74, 6) is -0.386. The number of nitrogens with zero attached hydrogens (tertiary/aromatic N) is 3. The van der Waals surface area contributed by atoms with E-state index in [0.717, 1.165) is 4.57 Å². The molecule has 0 amide bonds. The second-order valence-corrected chi connectivity index (χ2v) is 6.35. The van der Waals surface area contributed by atoms with Gasteiger partial charge in [-0.15, -0.1) is 0 Å². The van der Waals surface area contributed by atoms with Crippen molar-refractivity contribution >= 4 is 11.6 Å². The monoisotopic (exact) mass is 350 g/mol. The summed E-state index contributed by atoms with van der Waals surface area (Å²) in [6, 6.07) is 8.82. The van der Waals surface area contributed by atoms with Gasteiger partial charge >= 0.3 is 5.69 Å². The van der Waals surface area contributed by atoms with E-state index in [9.17, 15) is 14.4 Å². The summed E-state index contributed by atoms with van der Waals surface area (Å²) in [4.78, 5) is 37.5. The number of rotatable bonds is 2. The fraction of sp³-hybridized carbons (Fsp3) is 0.263. The molecule has 0 fully saturated rings. The highest BCUT2D eigenvalue weighted by Crippen LogP contribution is 2.39. The highest BCUT2D eigenvalue weighted by molar-refractivity contribution is 5.98. The van der Waals surface area contributed by atoms with Gasteiger partial charge < -0.3 is 5.32 Å². The number of carbonyl (C=O) groups excluding carboxylic acids is 1. The number of benzene rings is 1. The van der Waals surface area contributed by atoms with E-state index in [2.05, 4.69) is 11.4 Å². The van der Waals surface area contributed by atoms with Gasteiger partial charge in [0.2, 0.25) is 0 Å². The quantitative estimate of drug-likeness (QED) is 0.882. The maximum absolute atomic E-state index is 12.9. The molecule has 7 nitrogen and oxygen atoms in total. The van der Waals surface area contributed by atoms with E-state index < -0.39 is 17.2 Å². The van der Waals surface area contributed by atoms with Gasteiger partial charge in [0.15, 0.2) is 5.78 Å². The minimum atomic E-state index is -0.609. The molecule has 1 aliphatic heterocycles. The number of hydrogen-bond donors (Lipinski definition) is 1. The van der Waals surface area contributed by atoms with Gasteiger partial charge in [-0.1, -0.05) is 12.1 Å².